The van der Waals surface area contributed by atoms with Gasteiger partial charge in [0.1, 0.15) is 11.2 Å². The van der Waals surface area contributed by atoms with Crippen molar-refractivity contribution in [1.29, 1.82) is 0 Å². The topological polar surface area (TPSA) is 98.6 Å². The van der Waals surface area contributed by atoms with Gasteiger partial charge in [0.25, 0.3) is 0 Å². The first-order valence-electron chi connectivity index (χ1n) is 7.76. The number of carbonyl (C=O) groups excluding carboxylic acids is 1. The number of amides is 1. The van der Waals surface area contributed by atoms with E-state index in [1.807, 2.05) is 43.5 Å². The van der Waals surface area contributed by atoms with Crippen LogP contribution in [0.3, 0.4) is 0 Å². The fourth-order valence-electron chi connectivity index (χ4n) is 2.29. The summed E-state index contributed by atoms with van der Waals surface area (Å²) in [4.78, 5) is 26.1. The number of imidazole rings is 1. The molecule has 8 heteroatoms. The zero-order chi connectivity index (χ0) is 18.2. The van der Waals surface area contributed by atoms with Gasteiger partial charge in [0.15, 0.2) is 0 Å². The fourth-order valence-corrected chi connectivity index (χ4v) is 2.29. The van der Waals surface area contributed by atoms with Gasteiger partial charge in [-0.05, 0) is 32.9 Å². The number of nitrogens with two attached hydrogens (primary N) is 1. The molecular weight excluding hydrogens is 320 g/mol. The van der Waals surface area contributed by atoms with Crippen molar-refractivity contribution in [3.8, 4) is 11.3 Å². The molecule has 25 heavy (non-hydrogen) atoms. The number of hydrogen-bond donors (Lipinski definition) is 1. The normalized spacial score (nSPS) is 11.5. The smallest absolute Gasteiger partial charge is 0.414 e. The van der Waals surface area contributed by atoms with Gasteiger partial charge in [-0.25, -0.2) is 19.7 Å². The Balaban J connectivity index is 1.98. The van der Waals surface area contributed by atoms with Crippen molar-refractivity contribution in [2.75, 3.05) is 17.7 Å². The maximum atomic E-state index is 12.3. The number of aromatic nitrogens is 4. The Bertz CT molecular complexity index is 911. The van der Waals surface area contributed by atoms with E-state index in [0.29, 0.717) is 5.69 Å². The van der Waals surface area contributed by atoms with Crippen molar-refractivity contribution in [1.82, 2.24) is 19.4 Å². The second kappa shape index (κ2) is 6.04. The summed E-state index contributed by atoms with van der Waals surface area (Å²) >= 11 is 0. The molecule has 3 rings (SSSR count). The zero-order valence-corrected chi connectivity index (χ0v) is 14.6. The molecule has 0 aliphatic heterocycles. The number of nitrogen functional groups attached to an aromatic ring is 1. The quantitative estimate of drug-likeness (QED) is 0.770. The minimum Gasteiger partial charge on any atom is -0.443 e. The highest BCUT2D eigenvalue weighted by Crippen LogP contribution is 2.23. The summed E-state index contributed by atoms with van der Waals surface area (Å²) in [5, 5.41) is 0. The van der Waals surface area contributed by atoms with Crippen LogP contribution in [0.25, 0.3) is 16.9 Å². The van der Waals surface area contributed by atoms with Crippen molar-refractivity contribution in [2.45, 2.75) is 26.4 Å². The van der Waals surface area contributed by atoms with Crippen LogP contribution in [0.4, 0.5) is 16.4 Å². The lowest BCUT2D eigenvalue weighted by atomic mass is 10.2. The molecule has 3 aromatic heterocycles. The monoisotopic (exact) mass is 340 g/mol. The average Bonchev–Trinajstić information content (AvgIpc) is 2.96. The second-order valence-corrected chi connectivity index (χ2v) is 6.63. The van der Waals surface area contributed by atoms with Crippen molar-refractivity contribution in [3.05, 3.63) is 36.9 Å². The van der Waals surface area contributed by atoms with Gasteiger partial charge in [-0.3, -0.25) is 9.30 Å². The van der Waals surface area contributed by atoms with Crippen LogP contribution in [-0.4, -0.2) is 38.1 Å². The van der Waals surface area contributed by atoms with E-state index in [9.17, 15) is 4.79 Å². The first-order chi connectivity index (χ1) is 11.7. The molecule has 0 spiro atoms. The number of carbonyl (C=O) groups is 1. The third kappa shape index (κ3) is 3.52. The van der Waals surface area contributed by atoms with Gasteiger partial charge in [0, 0.05) is 31.2 Å². The van der Waals surface area contributed by atoms with Crippen LogP contribution in [0.1, 0.15) is 20.8 Å². The van der Waals surface area contributed by atoms with E-state index < -0.39 is 11.7 Å². The lowest BCUT2D eigenvalue weighted by Crippen LogP contribution is -2.34. The van der Waals surface area contributed by atoms with Gasteiger partial charge < -0.3 is 10.5 Å². The van der Waals surface area contributed by atoms with Crippen LogP contribution in [0.5, 0.6) is 0 Å². The minimum absolute atomic E-state index is 0.211. The molecule has 8 nitrogen and oxygen atoms in total. The molecule has 0 bridgehead atoms. The molecule has 1 amide bonds. The minimum atomic E-state index is -0.559. The summed E-state index contributed by atoms with van der Waals surface area (Å²) in [6, 6.07) is 3.65. The van der Waals surface area contributed by atoms with Crippen molar-refractivity contribution < 1.29 is 9.53 Å². The molecule has 0 aliphatic rings. The number of anilines is 2. The Kier molecular flexibility index (Phi) is 4.03. The molecule has 0 aromatic carbocycles. The predicted molar refractivity (Wildman–Crippen MR) is 95.3 cm³/mol. The van der Waals surface area contributed by atoms with Crippen LogP contribution in [0, 0.1) is 0 Å². The zero-order valence-electron chi connectivity index (χ0n) is 14.6. The number of fused-ring (bicyclic) bond motifs is 1. The third-order valence-corrected chi connectivity index (χ3v) is 3.51. The van der Waals surface area contributed by atoms with Gasteiger partial charge in [-0.1, -0.05) is 0 Å². The van der Waals surface area contributed by atoms with E-state index in [2.05, 4.69) is 15.0 Å². The molecule has 0 aliphatic carbocycles. The molecule has 0 fully saturated rings. The van der Waals surface area contributed by atoms with Gasteiger partial charge in [-0.2, -0.15) is 0 Å². The highest BCUT2D eigenvalue weighted by atomic mass is 16.6. The molecule has 0 radical (unpaired) electrons. The molecule has 3 heterocycles. The van der Waals surface area contributed by atoms with Crippen molar-refractivity contribution >= 4 is 23.4 Å². The van der Waals surface area contributed by atoms with E-state index in [0.717, 1.165) is 16.9 Å². The number of pyridine rings is 1. The summed E-state index contributed by atoms with van der Waals surface area (Å²) in [5.41, 5.74) is 7.98. The van der Waals surface area contributed by atoms with E-state index >= 15 is 0 Å². The SMILES string of the molecule is CN(C(=O)OC(C)(C)C)c1ccc2ncc(-c3cnc(N)nc3)n2c1. The molecule has 0 unspecified atom stereocenters. The van der Waals surface area contributed by atoms with Crippen LogP contribution in [-0.2, 0) is 4.74 Å². The van der Waals surface area contributed by atoms with Crippen molar-refractivity contribution in [3.63, 3.8) is 0 Å². The van der Waals surface area contributed by atoms with E-state index in [1.54, 1.807) is 25.6 Å². The van der Waals surface area contributed by atoms with Crippen LogP contribution in [0.2, 0.25) is 0 Å². The number of ether oxygens (including phenoxy) is 1. The summed E-state index contributed by atoms with van der Waals surface area (Å²) < 4.78 is 7.27. The molecular formula is C17H20N6O2. The Hall–Kier alpha value is -3.16. The molecule has 0 saturated carbocycles. The summed E-state index contributed by atoms with van der Waals surface area (Å²) in [5.74, 6) is 0.211. The molecule has 2 N–H and O–H groups in total. The maximum Gasteiger partial charge on any atom is 0.414 e. The van der Waals surface area contributed by atoms with Crippen LogP contribution < -0.4 is 10.6 Å². The third-order valence-electron chi connectivity index (χ3n) is 3.51. The van der Waals surface area contributed by atoms with Gasteiger partial charge in [0.2, 0.25) is 5.95 Å². The Morgan fingerprint density at radius 1 is 1.16 bits per heavy atom. The van der Waals surface area contributed by atoms with Gasteiger partial charge >= 0.3 is 6.09 Å². The second-order valence-electron chi connectivity index (χ2n) is 6.63. The number of nitrogens with zero attached hydrogens (tertiary/aromatic N) is 5. The molecule has 3 aromatic rings. The lowest BCUT2D eigenvalue weighted by molar-refractivity contribution is 0.0589. The fraction of sp³-hybridized carbons (Fsp3) is 0.294. The Labute approximate surface area is 145 Å². The average molecular weight is 340 g/mol. The van der Waals surface area contributed by atoms with E-state index in [4.69, 9.17) is 10.5 Å². The molecule has 0 atom stereocenters. The van der Waals surface area contributed by atoms with Crippen LogP contribution in [0.15, 0.2) is 36.9 Å². The summed E-state index contributed by atoms with van der Waals surface area (Å²) in [7, 11) is 1.66. The van der Waals surface area contributed by atoms with Gasteiger partial charge in [0.05, 0.1) is 17.6 Å². The number of rotatable bonds is 2. The highest BCUT2D eigenvalue weighted by molar-refractivity contribution is 5.87. The summed E-state index contributed by atoms with van der Waals surface area (Å²) in [6.45, 7) is 5.49. The first-order valence-corrected chi connectivity index (χ1v) is 7.76. The van der Waals surface area contributed by atoms with E-state index in [1.165, 1.54) is 4.90 Å². The number of hydrogen-bond acceptors (Lipinski definition) is 6. The maximum absolute atomic E-state index is 12.3. The Morgan fingerprint density at radius 2 is 1.84 bits per heavy atom. The lowest BCUT2D eigenvalue weighted by Gasteiger charge is -2.24. The molecule has 0 saturated heterocycles. The van der Waals surface area contributed by atoms with Crippen LogP contribution >= 0.6 is 0 Å². The Morgan fingerprint density at radius 3 is 2.48 bits per heavy atom. The molecule has 130 valence electrons. The van der Waals surface area contributed by atoms with E-state index in [-0.39, 0.29) is 5.95 Å². The predicted octanol–water partition coefficient (Wildman–Crippen LogP) is 2.74. The largest absolute Gasteiger partial charge is 0.443 e. The summed E-state index contributed by atoms with van der Waals surface area (Å²) in [6.07, 6.45) is 6.38. The standard InChI is InChI=1S/C17H20N6O2/c1-17(2,3)25-16(24)22(4)12-5-6-14-19-9-13(23(14)10-12)11-7-20-15(18)21-8-11/h5-10H,1-4H3,(H2,18,20,21). The highest BCUT2D eigenvalue weighted by Gasteiger charge is 2.21. The first kappa shape index (κ1) is 16.7. The van der Waals surface area contributed by atoms with Gasteiger partial charge in [-0.15, -0.1) is 0 Å². The van der Waals surface area contributed by atoms with Crippen molar-refractivity contribution in [2.24, 2.45) is 0 Å².